The molecule has 1 aromatic heterocycles. The molecule has 1 aliphatic heterocycles. The van der Waals surface area contributed by atoms with E-state index >= 15 is 0 Å². The van der Waals surface area contributed by atoms with Crippen LogP contribution in [0.1, 0.15) is 36.5 Å². The van der Waals surface area contributed by atoms with E-state index in [2.05, 4.69) is 5.10 Å². The molecular weight excluding hydrogens is 276 g/mol. The molecule has 1 saturated heterocycles. The van der Waals surface area contributed by atoms with Crippen LogP contribution >= 0.6 is 0 Å². The summed E-state index contributed by atoms with van der Waals surface area (Å²) in [7, 11) is 1.26. The zero-order chi connectivity index (χ0) is 15.6. The van der Waals surface area contributed by atoms with Gasteiger partial charge in [0.15, 0.2) is 5.82 Å². The summed E-state index contributed by atoms with van der Waals surface area (Å²) in [4.78, 5) is 24.8. The highest BCUT2D eigenvalue weighted by Gasteiger charge is 2.30. The minimum absolute atomic E-state index is 0.0250. The average molecular weight is 296 g/mol. The van der Waals surface area contributed by atoms with E-state index in [1.165, 1.54) is 7.11 Å². The second kappa shape index (κ2) is 6.02. The van der Waals surface area contributed by atoms with Gasteiger partial charge in [0, 0.05) is 12.6 Å². The first-order valence-corrected chi connectivity index (χ1v) is 6.88. The summed E-state index contributed by atoms with van der Waals surface area (Å²) >= 11 is 0. The molecule has 1 unspecified atom stereocenters. The average Bonchev–Trinajstić information content (AvgIpc) is 2.75. The van der Waals surface area contributed by atoms with Crippen LogP contribution in [-0.2, 0) is 16.1 Å². The van der Waals surface area contributed by atoms with Crippen molar-refractivity contribution in [2.75, 3.05) is 24.3 Å². The number of nitrogen functional groups attached to an aromatic ring is 1. The number of hydrogen-bond acceptors (Lipinski definition) is 6. The highest BCUT2D eigenvalue weighted by atomic mass is 16.5. The van der Waals surface area contributed by atoms with Gasteiger partial charge in [-0.25, -0.2) is 9.48 Å². The molecule has 1 aliphatic rings. The maximum Gasteiger partial charge on any atom is 0.345 e. The number of esters is 1. The third-order valence-electron chi connectivity index (χ3n) is 3.72. The van der Waals surface area contributed by atoms with Crippen molar-refractivity contribution in [3.63, 3.8) is 0 Å². The molecule has 1 aromatic rings. The lowest BCUT2D eigenvalue weighted by molar-refractivity contribution is -0.137. The van der Waals surface area contributed by atoms with Gasteiger partial charge in [-0.3, -0.25) is 4.79 Å². The van der Waals surface area contributed by atoms with Gasteiger partial charge >= 0.3 is 11.9 Å². The zero-order valence-corrected chi connectivity index (χ0v) is 12.2. The summed E-state index contributed by atoms with van der Waals surface area (Å²) in [6, 6.07) is 0.217. The number of methoxy groups -OCH3 is 1. The van der Waals surface area contributed by atoms with E-state index in [4.69, 9.17) is 15.6 Å². The lowest BCUT2D eigenvalue weighted by Crippen LogP contribution is -2.38. The molecule has 21 heavy (non-hydrogen) atoms. The molecule has 0 radical (unpaired) electrons. The highest BCUT2D eigenvalue weighted by molar-refractivity contribution is 6.00. The first-order chi connectivity index (χ1) is 9.95. The van der Waals surface area contributed by atoms with E-state index in [-0.39, 0.29) is 17.4 Å². The molecule has 2 heterocycles. The number of ether oxygens (including phenoxy) is 1. The quantitative estimate of drug-likeness (QED) is 0.787. The van der Waals surface area contributed by atoms with Gasteiger partial charge in [-0.2, -0.15) is 5.10 Å². The third-order valence-corrected chi connectivity index (χ3v) is 3.72. The summed E-state index contributed by atoms with van der Waals surface area (Å²) in [6.45, 7) is 2.42. The van der Waals surface area contributed by atoms with Gasteiger partial charge in [0.25, 0.3) is 0 Å². The maximum atomic E-state index is 12.0. The molecule has 3 N–H and O–H groups in total. The second-order valence-corrected chi connectivity index (χ2v) is 5.17. The van der Waals surface area contributed by atoms with Crippen molar-refractivity contribution < 1.29 is 19.4 Å². The Morgan fingerprint density at radius 2 is 2.19 bits per heavy atom. The van der Waals surface area contributed by atoms with Crippen molar-refractivity contribution in [1.29, 1.82) is 0 Å². The van der Waals surface area contributed by atoms with Gasteiger partial charge in [0.1, 0.15) is 17.9 Å². The number of carbonyl (C=O) groups excluding carboxylic acids is 1. The molecule has 0 bridgehead atoms. The Morgan fingerprint density at radius 3 is 2.76 bits per heavy atom. The van der Waals surface area contributed by atoms with E-state index in [1.807, 2.05) is 11.8 Å². The second-order valence-electron chi connectivity index (χ2n) is 5.17. The van der Waals surface area contributed by atoms with Gasteiger partial charge in [-0.05, 0) is 26.2 Å². The highest BCUT2D eigenvalue weighted by Crippen LogP contribution is 2.30. The molecule has 2 rings (SSSR count). The maximum absolute atomic E-state index is 12.0. The number of rotatable bonds is 4. The van der Waals surface area contributed by atoms with Gasteiger partial charge in [-0.1, -0.05) is 0 Å². The molecule has 1 fully saturated rings. The van der Waals surface area contributed by atoms with Gasteiger partial charge in [0.05, 0.1) is 7.11 Å². The normalized spacial score (nSPS) is 18.6. The minimum atomic E-state index is -1.07. The topological polar surface area (TPSA) is 111 Å². The Kier molecular flexibility index (Phi) is 4.35. The first-order valence-electron chi connectivity index (χ1n) is 6.88. The van der Waals surface area contributed by atoms with Gasteiger partial charge in [0.2, 0.25) is 0 Å². The summed E-state index contributed by atoms with van der Waals surface area (Å²) in [5, 5.41) is 13.1. The minimum Gasteiger partial charge on any atom is -0.480 e. The van der Waals surface area contributed by atoms with E-state index in [0.29, 0.717) is 5.82 Å². The molecule has 0 aromatic carbocycles. The molecule has 0 spiro atoms. The van der Waals surface area contributed by atoms with Crippen molar-refractivity contribution in [1.82, 2.24) is 9.78 Å². The van der Waals surface area contributed by atoms with E-state index in [0.717, 1.165) is 30.5 Å². The third kappa shape index (κ3) is 2.93. The van der Waals surface area contributed by atoms with Gasteiger partial charge in [-0.15, -0.1) is 0 Å². The summed E-state index contributed by atoms with van der Waals surface area (Å²) in [5.74, 6) is -1.24. The van der Waals surface area contributed by atoms with Crippen molar-refractivity contribution >= 4 is 23.6 Å². The van der Waals surface area contributed by atoms with Crippen molar-refractivity contribution in [2.45, 2.75) is 38.8 Å². The summed E-state index contributed by atoms with van der Waals surface area (Å²) in [5.41, 5.74) is 6.04. The monoisotopic (exact) mass is 296 g/mol. The number of carboxylic acids is 1. The Balaban J connectivity index is 2.46. The molecule has 8 heteroatoms. The fourth-order valence-electron chi connectivity index (χ4n) is 2.62. The SMILES string of the molecule is COC(=O)c1c(N2CCCCC2C)nn(CC(=O)O)c1N. The first kappa shape index (κ1) is 15.1. The van der Waals surface area contributed by atoms with Gasteiger partial charge < -0.3 is 20.5 Å². The molecular formula is C13H20N4O4. The fraction of sp³-hybridized carbons (Fsp3) is 0.615. The summed E-state index contributed by atoms with van der Waals surface area (Å²) in [6.07, 6.45) is 3.11. The van der Waals surface area contributed by atoms with Crippen LogP contribution in [0.15, 0.2) is 0 Å². The van der Waals surface area contributed by atoms with Crippen LogP contribution in [0.5, 0.6) is 0 Å². The molecule has 0 amide bonds. The number of nitrogens with two attached hydrogens (primary N) is 1. The number of anilines is 2. The standard InChI is InChI=1S/C13H20N4O4/c1-8-5-3-4-6-16(8)12-10(13(20)21-2)11(14)17(15-12)7-9(18)19/h8H,3-7,14H2,1-2H3,(H,18,19). The van der Waals surface area contributed by atoms with E-state index in [9.17, 15) is 9.59 Å². The van der Waals surface area contributed by atoms with Crippen LogP contribution in [0.2, 0.25) is 0 Å². The summed E-state index contributed by atoms with van der Waals surface area (Å²) < 4.78 is 5.89. The molecule has 0 saturated carbocycles. The van der Waals surface area contributed by atoms with Crippen LogP contribution < -0.4 is 10.6 Å². The Labute approximate surface area is 122 Å². The predicted octanol–water partition coefficient (Wildman–Crippen LogP) is 0.715. The number of piperidine rings is 1. The lowest BCUT2D eigenvalue weighted by atomic mass is 10.0. The Morgan fingerprint density at radius 1 is 1.48 bits per heavy atom. The van der Waals surface area contributed by atoms with Crippen LogP contribution in [0.3, 0.4) is 0 Å². The van der Waals surface area contributed by atoms with Crippen molar-refractivity contribution in [3.05, 3.63) is 5.56 Å². The number of nitrogens with zero attached hydrogens (tertiary/aromatic N) is 3. The van der Waals surface area contributed by atoms with Crippen LogP contribution in [0.4, 0.5) is 11.6 Å². The fourth-order valence-corrected chi connectivity index (χ4v) is 2.62. The van der Waals surface area contributed by atoms with Crippen LogP contribution in [0, 0.1) is 0 Å². The number of aliphatic carboxylic acids is 1. The van der Waals surface area contributed by atoms with E-state index < -0.39 is 18.5 Å². The Hall–Kier alpha value is -2.25. The van der Waals surface area contributed by atoms with Crippen molar-refractivity contribution in [3.8, 4) is 0 Å². The molecule has 1 atom stereocenters. The number of carbonyl (C=O) groups is 2. The molecule has 8 nitrogen and oxygen atoms in total. The largest absolute Gasteiger partial charge is 0.480 e. The number of aromatic nitrogens is 2. The predicted molar refractivity (Wildman–Crippen MR) is 76.3 cm³/mol. The van der Waals surface area contributed by atoms with Crippen LogP contribution in [-0.4, -0.2) is 46.5 Å². The number of carboxylic acid groups (broad SMARTS) is 1. The van der Waals surface area contributed by atoms with Crippen molar-refractivity contribution in [2.24, 2.45) is 0 Å². The number of hydrogen-bond donors (Lipinski definition) is 2. The smallest absolute Gasteiger partial charge is 0.345 e. The van der Waals surface area contributed by atoms with E-state index in [1.54, 1.807) is 0 Å². The lowest BCUT2D eigenvalue weighted by Gasteiger charge is -2.33. The van der Waals surface area contributed by atoms with Crippen LogP contribution in [0.25, 0.3) is 0 Å². The molecule has 116 valence electrons. The molecule has 0 aliphatic carbocycles. The Bertz CT molecular complexity index is 555. The zero-order valence-electron chi connectivity index (χ0n) is 12.2.